The Labute approximate surface area is 314 Å². The summed E-state index contributed by atoms with van der Waals surface area (Å²) in [6, 6.07) is 66.8. The molecule has 0 fully saturated rings. The van der Waals surface area contributed by atoms with Crippen molar-refractivity contribution in [2.45, 2.75) is 0 Å². The lowest BCUT2D eigenvalue weighted by Gasteiger charge is -2.18. The van der Waals surface area contributed by atoms with E-state index in [0.29, 0.717) is 0 Å². The topological polar surface area (TPSA) is 13.1 Å². The molecule has 12 rings (SSSR count). The molecule has 12 aromatic rings. The molecule has 10 aromatic carbocycles. The molecule has 0 N–H and O–H groups in total. The van der Waals surface area contributed by atoms with Gasteiger partial charge < -0.3 is 4.42 Å². The van der Waals surface area contributed by atoms with Crippen LogP contribution in [0, 0.1) is 0 Å². The van der Waals surface area contributed by atoms with Crippen molar-refractivity contribution in [3.8, 4) is 33.4 Å². The quantitative estimate of drug-likeness (QED) is 0.167. The Kier molecular flexibility index (Phi) is 6.28. The molecule has 0 aliphatic heterocycles. The van der Waals surface area contributed by atoms with E-state index in [4.69, 9.17) is 4.42 Å². The Balaban J connectivity index is 1.09. The number of rotatable bonds is 3. The molecule has 0 aliphatic rings. The van der Waals surface area contributed by atoms with Gasteiger partial charge in [0.05, 0.1) is 0 Å². The first-order valence-electron chi connectivity index (χ1n) is 18.5. The van der Waals surface area contributed by atoms with Crippen molar-refractivity contribution in [2.75, 3.05) is 0 Å². The minimum atomic E-state index is 0.923. The molecule has 0 aliphatic carbocycles. The van der Waals surface area contributed by atoms with E-state index in [0.717, 1.165) is 21.9 Å². The van der Waals surface area contributed by atoms with Gasteiger partial charge in [-0.25, -0.2) is 0 Å². The fourth-order valence-electron chi connectivity index (χ4n) is 8.93. The molecule has 0 unspecified atom stereocenters. The lowest BCUT2D eigenvalue weighted by molar-refractivity contribution is 0.673. The summed E-state index contributed by atoms with van der Waals surface area (Å²) in [6.45, 7) is 0. The Morgan fingerprint density at radius 2 is 0.870 bits per heavy atom. The highest BCUT2D eigenvalue weighted by Gasteiger charge is 2.21. The summed E-state index contributed by atoms with van der Waals surface area (Å²) in [5.74, 6) is 0. The Morgan fingerprint density at radius 3 is 1.56 bits per heavy atom. The smallest absolute Gasteiger partial charge is 0.144 e. The summed E-state index contributed by atoms with van der Waals surface area (Å²) in [5, 5.41) is 14.8. The lowest BCUT2D eigenvalue weighted by atomic mass is 9.85. The SMILES string of the molecule is c1ccc2cc(-c3c4ccccc4c(-c4ccc(-c5cc6c7ccccc7oc6c6c5sc5cc7ccccc7cc56)cc4)c4ccccc34)ccc2c1. The third-order valence-electron chi connectivity index (χ3n) is 11.4. The number of furan rings is 1. The molecular formula is C52H30OS. The maximum Gasteiger partial charge on any atom is 0.144 e. The van der Waals surface area contributed by atoms with E-state index in [1.54, 1.807) is 0 Å². The Bertz CT molecular complexity index is 3430. The summed E-state index contributed by atoms with van der Waals surface area (Å²) >= 11 is 1.87. The first-order valence-corrected chi connectivity index (χ1v) is 19.3. The molecular weight excluding hydrogens is 673 g/mol. The van der Waals surface area contributed by atoms with Gasteiger partial charge in [-0.2, -0.15) is 0 Å². The molecule has 0 atom stereocenters. The van der Waals surface area contributed by atoms with Gasteiger partial charge in [0, 0.05) is 36.5 Å². The zero-order valence-electron chi connectivity index (χ0n) is 29.1. The second kappa shape index (κ2) is 11.4. The molecule has 250 valence electrons. The van der Waals surface area contributed by atoms with Crippen LogP contribution < -0.4 is 0 Å². The van der Waals surface area contributed by atoms with Crippen LogP contribution in [0.5, 0.6) is 0 Å². The largest absolute Gasteiger partial charge is 0.455 e. The zero-order valence-corrected chi connectivity index (χ0v) is 30.0. The van der Waals surface area contributed by atoms with Crippen molar-refractivity contribution in [1.82, 2.24) is 0 Å². The van der Waals surface area contributed by atoms with Crippen molar-refractivity contribution in [2.24, 2.45) is 0 Å². The molecule has 2 aromatic heterocycles. The third-order valence-corrected chi connectivity index (χ3v) is 12.6. The van der Waals surface area contributed by atoms with E-state index in [9.17, 15) is 0 Å². The maximum atomic E-state index is 6.66. The van der Waals surface area contributed by atoms with Gasteiger partial charge in [-0.1, -0.05) is 152 Å². The van der Waals surface area contributed by atoms with Crippen molar-refractivity contribution in [3.05, 3.63) is 182 Å². The van der Waals surface area contributed by atoms with Crippen LogP contribution in [-0.2, 0) is 0 Å². The zero-order chi connectivity index (χ0) is 35.3. The summed E-state index contributed by atoms with van der Waals surface area (Å²) in [4.78, 5) is 0. The molecule has 0 saturated carbocycles. The number of benzene rings is 10. The number of fused-ring (bicyclic) bond motifs is 11. The van der Waals surface area contributed by atoms with Gasteiger partial charge in [-0.15, -0.1) is 11.3 Å². The molecule has 54 heavy (non-hydrogen) atoms. The average Bonchev–Trinajstić information content (AvgIpc) is 3.79. The molecule has 1 nitrogen and oxygen atoms in total. The van der Waals surface area contributed by atoms with Gasteiger partial charge in [0.25, 0.3) is 0 Å². The van der Waals surface area contributed by atoms with Crippen molar-refractivity contribution < 1.29 is 4.42 Å². The third kappa shape index (κ3) is 4.32. The van der Waals surface area contributed by atoms with Crippen molar-refractivity contribution in [1.29, 1.82) is 0 Å². The van der Waals surface area contributed by atoms with E-state index in [-0.39, 0.29) is 0 Å². The Morgan fingerprint density at radius 1 is 0.352 bits per heavy atom. The fourth-order valence-corrected chi connectivity index (χ4v) is 10.2. The number of hydrogen-bond donors (Lipinski definition) is 0. The summed E-state index contributed by atoms with van der Waals surface area (Å²) < 4.78 is 9.20. The first-order chi connectivity index (χ1) is 26.8. The van der Waals surface area contributed by atoms with Crippen molar-refractivity contribution in [3.63, 3.8) is 0 Å². The van der Waals surface area contributed by atoms with Gasteiger partial charge >= 0.3 is 0 Å². The highest BCUT2D eigenvalue weighted by molar-refractivity contribution is 7.26. The molecule has 0 bridgehead atoms. The standard InChI is InChI=1S/C52H30OS/c1-2-12-34-27-37(26-21-31(34)11-1)49-41-18-7-5-16-39(41)48(40-17-6-8-19-42(40)49)33-24-22-32(23-25-33)43-30-44-38-15-9-10-20-46(38)53-51(44)50-45-28-35-13-3-4-14-36(35)29-47(45)54-52(43)50/h1-30H. The van der Waals surface area contributed by atoms with Crippen LogP contribution in [0.1, 0.15) is 0 Å². The van der Waals surface area contributed by atoms with Crippen LogP contribution in [0.4, 0.5) is 0 Å². The molecule has 0 radical (unpaired) electrons. The number of para-hydroxylation sites is 1. The van der Waals surface area contributed by atoms with Crippen LogP contribution in [0.25, 0.3) is 119 Å². The number of hydrogen-bond acceptors (Lipinski definition) is 2. The van der Waals surface area contributed by atoms with Crippen molar-refractivity contribution >= 4 is 96.5 Å². The van der Waals surface area contributed by atoms with Crippen LogP contribution in [0.15, 0.2) is 186 Å². The van der Waals surface area contributed by atoms with Gasteiger partial charge in [0.1, 0.15) is 11.2 Å². The van der Waals surface area contributed by atoms with Crippen LogP contribution in [-0.4, -0.2) is 0 Å². The van der Waals surface area contributed by atoms with E-state index >= 15 is 0 Å². The number of thiophene rings is 1. The highest BCUT2D eigenvalue weighted by Crippen LogP contribution is 2.49. The minimum Gasteiger partial charge on any atom is -0.455 e. The molecule has 0 saturated heterocycles. The second-order valence-corrected chi connectivity index (χ2v) is 15.4. The highest BCUT2D eigenvalue weighted by atomic mass is 32.1. The molecule has 0 spiro atoms. The summed E-state index contributed by atoms with van der Waals surface area (Å²) in [7, 11) is 0. The first kappa shape index (κ1) is 29.8. The van der Waals surface area contributed by atoms with Crippen LogP contribution in [0.3, 0.4) is 0 Å². The van der Waals surface area contributed by atoms with Crippen LogP contribution >= 0.6 is 11.3 Å². The molecule has 2 heterocycles. The van der Waals surface area contributed by atoms with E-state index in [1.165, 1.54) is 96.6 Å². The molecule has 0 amide bonds. The predicted molar refractivity (Wildman–Crippen MR) is 233 cm³/mol. The van der Waals surface area contributed by atoms with E-state index in [1.807, 2.05) is 11.3 Å². The maximum absolute atomic E-state index is 6.66. The van der Waals surface area contributed by atoms with Crippen LogP contribution in [0.2, 0.25) is 0 Å². The fraction of sp³-hybridized carbons (Fsp3) is 0. The average molecular weight is 703 g/mol. The molecule has 2 heteroatoms. The monoisotopic (exact) mass is 702 g/mol. The van der Waals surface area contributed by atoms with Gasteiger partial charge in [-0.05, 0) is 101 Å². The summed E-state index contributed by atoms with van der Waals surface area (Å²) in [6.07, 6.45) is 0. The van der Waals surface area contributed by atoms with E-state index in [2.05, 4.69) is 182 Å². The van der Waals surface area contributed by atoms with Gasteiger partial charge in [0.15, 0.2) is 0 Å². The van der Waals surface area contributed by atoms with E-state index < -0.39 is 0 Å². The lowest BCUT2D eigenvalue weighted by Crippen LogP contribution is -1.91. The van der Waals surface area contributed by atoms with Gasteiger partial charge in [-0.3, -0.25) is 0 Å². The summed E-state index contributed by atoms with van der Waals surface area (Å²) in [5.41, 5.74) is 9.34. The minimum absolute atomic E-state index is 0.923. The Hall–Kier alpha value is -6.74. The second-order valence-electron chi connectivity index (χ2n) is 14.4. The van der Waals surface area contributed by atoms with Gasteiger partial charge in [0.2, 0.25) is 0 Å². The normalized spacial score (nSPS) is 12.1. The predicted octanol–water partition coefficient (Wildman–Crippen LogP) is 15.6.